The van der Waals surface area contributed by atoms with Gasteiger partial charge >= 0.3 is 6.03 Å². The Hall–Kier alpha value is -3.17. The summed E-state index contributed by atoms with van der Waals surface area (Å²) in [5.74, 6) is -0.557. The Morgan fingerprint density at radius 1 is 1.16 bits per heavy atom. The molecule has 6 nitrogen and oxygen atoms in total. The van der Waals surface area contributed by atoms with Gasteiger partial charge in [0.15, 0.2) is 0 Å². The lowest BCUT2D eigenvalue weighted by Crippen LogP contribution is -2.49. The van der Waals surface area contributed by atoms with Gasteiger partial charge in [-0.05, 0) is 29.2 Å². The van der Waals surface area contributed by atoms with E-state index in [-0.39, 0.29) is 0 Å². The average molecular weight is 335 g/mol. The molecule has 0 radical (unpaired) electrons. The largest absolute Gasteiger partial charge is 0.385 e. The summed E-state index contributed by atoms with van der Waals surface area (Å²) in [6.07, 6.45) is -0.824. The number of rotatable bonds is 4. The molecule has 0 aliphatic carbocycles. The summed E-state index contributed by atoms with van der Waals surface area (Å²) in [6, 6.07) is 16.3. The summed E-state index contributed by atoms with van der Waals surface area (Å²) in [7, 11) is 0. The summed E-state index contributed by atoms with van der Waals surface area (Å²) >= 11 is 0. The van der Waals surface area contributed by atoms with Crippen molar-refractivity contribution in [1.82, 2.24) is 10.6 Å². The Labute approximate surface area is 145 Å². The number of benzene rings is 2. The first-order valence-electron chi connectivity index (χ1n) is 7.82. The molecular formula is C19H17N3O3. The maximum absolute atomic E-state index is 11.9. The van der Waals surface area contributed by atoms with Crippen LogP contribution in [0, 0.1) is 11.3 Å². The van der Waals surface area contributed by atoms with E-state index in [1.165, 1.54) is 6.92 Å². The molecule has 126 valence electrons. The van der Waals surface area contributed by atoms with Crippen LogP contribution in [0.15, 0.2) is 48.5 Å². The highest BCUT2D eigenvalue weighted by Gasteiger charge is 2.48. The van der Waals surface area contributed by atoms with Gasteiger partial charge in [-0.2, -0.15) is 5.26 Å². The number of nitrogens with zero attached hydrogens (tertiary/aromatic N) is 1. The number of hydrogen-bond acceptors (Lipinski definition) is 4. The molecule has 1 aliphatic rings. The zero-order chi connectivity index (χ0) is 18.0. The highest BCUT2D eigenvalue weighted by atomic mass is 16.3. The Kier molecular flexibility index (Phi) is 4.26. The van der Waals surface area contributed by atoms with Crippen LogP contribution in [0.4, 0.5) is 4.79 Å². The van der Waals surface area contributed by atoms with Gasteiger partial charge in [0.25, 0.3) is 5.91 Å². The van der Waals surface area contributed by atoms with E-state index in [0.29, 0.717) is 12.0 Å². The number of amides is 3. The monoisotopic (exact) mass is 335 g/mol. The number of hydrogen-bond donors (Lipinski definition) is 3. The first kappa shape index (κ1) is 16.7. The molecule has 1 aliphatic heterocycles. The predicted octanol–water partition coefficient (Wildman–Crippen LogP) is 2.05. The maximum atomic E-state index is 11.9. The van der Waals surface area contributed by atoms with Crippen LogP contribution in [-0.4, -0.2) is 22.6 Å². The molecular weight excluding hydrogens is 318 g/mol. The van der Waals surface area contributed by atoms with Crippen molar-refractivity contribution in [2.75, 3.05) is 0 Å². The minimum absolute atomic E-state index is 0.345. The molecule has 0 saturated carbocycles. The number of carbonyl (C=O) groups excluding carboxylic acids is 2. The number of carbonyl (C=O) groups is 2. The van der Waals surface area contributed by atoms with E-state index >= 15 is 0 Å². The number of nitrogens with one attached hydrogen (secondary N) is 2. The highest BCUT2D eigenvalue weighted by Crippen LogP contribution is 2.30. The van der Waals surface area contributed by atoms with Gasteiger partial charge in [0.05, 0.1) is 12.5 Å². The van der Waals surface area contributed by atoms with E-state index in [0.717, 1.165) is 16.7 Å². The molecule has 3 N–H and O–H groups in total. The molecule has 0 spiro atoms. The van der Waals surface area contributed by atoms with Gasteiger partial charge < -0.3 is 10.4 Å². The Bertz CT molecular complexity index is 870. The lowest BCUT2D eigenvalue weighted by atomic mass is 9.88. The van der Waals surface area contributed by atoms with Crippen molar-refractivity contribution in [2.45, 2.75) is 25.0 Å². The molecule has 1 fully saturated rings. The molecule has 2 unspecified atom stereocenters. The number of aliphatic hydroxyl groups is 1. The van der Waals surface area contributed by atoms with Crippen molar-refractivity contribution in [1.29, 1.82) is 5.26 Å². The third-order valence-corrected chi connectivity index (χ3v) is 4.39. The number of aliphatic hydroxyl groups excluding tert-OH is 1. The van der Waals surface area contributed by atoms with Crippen LogP contribution in [-0.2, 0) is 11.2 Å². The fraction of sp³-hybridized carbons (Fsp3) is 0.211. The van der Waals surface area contributed by atoms with Gasteiger partial charge in [-0.25, -0.2) is 4.79 Å². The molecule has 2 aromatic carbocycles. The van der Waals surface area contributed by atoms with Gasteiger partial charge in [-0.3, -0.25) is 10.1 Å². The quantitative estimate of drug-likeness (QED) is 0.744. The third kappa shape index (κ3) is 3.10. The second-order valence-electron chi connectivity index (χ2n) is 6.17. The van der Waals surface area contributed by atoms with E-state index < -0.39 is 23.6 Å². The van der Waals surface area contributed by atoms with Gasteiger partial charge in [0.2, 0.25) is 0 Å². The van der Waals surface area contributed by atoms with Gasteiger partial charge in [-0.1, -0.05) is 48.5 Å². The Morgan fingerprint density at radius 3 is 2.48 bits per heavy atom. The predicted molar refractivity (Wildman–Crippen MR) is 91.2 cm³/mol. The van der Waals surface area contributed by atoms with E-state index in [9.17, 15) is 14.7 Å². The van der Waals surface area contributed by atoms with Crippen LogP contribution in [0.3, 0.4) is 0 Å². The molecule has 2 aromatic rings. The Morgan fingerprint density at radius 2 is 1.88 bits per heavy atom. The normalized spacial score (nSPS) is 20.5. The van der Waals surface area contributed by atoms with Gasteiger partial charge in [0.1, 0.15) is 11.6 Å². The molecule has 2 atom stereocenters. The molecule has 3 rings (SSSR count). The van der Waals surface area contributed by atoms with E-state index in [1.54, 1.807) is 12.1 Å². The molecule has 1 heterocycles. The molecule has 0 bridgehead atoms. The lowest BCUT2D eigenvalue weighted by Gasteiger charge is -2.27. The standard InChI is InChI=1S/C19H17N3O3/c1-19(17(24)21-18(25)22-19)16(23)14-7-5-13(6-8-14)15-4-2-3-12(11-15)9-10-20/h2-8,11,16,23H,9H2,1H3,(H2,21,22,24,25). The van der Waals surface area contributed by atoms with E-state index in [1.807, 2.05) is 36.4 Å². The van der Waals surface area contributed by atoms with Crippen LogP contribution < -0.4 is 10.6 Å². The number of urea groups is 1. The summed E-state index contributed by atoms with van der Waals surface area (Å²) in [5.41, 5.74) is 1.96. The summed E-state index contributed by atoms with van der Waals surface area (Å²) in [6.45, 7) is 1.48. The van der Waals surface area contributed by atoms with Crippen LogP contribution >= 0.6 is 0 Å². The number of imide groups is 1. The van der Waals surface area contributed by atoms with Crippen molar-refractivity contribution >= 4 is 11.9 Å². The van der Waals surface area contributed by atoms with Crippen molar-refractivity contribution in [3.8, 4) is 17.2 Å². The highest BCUT2D eigenvalue weighted by molar-refractivity contribution is 6.07. The minimum atomic E-state index is -1.40. The number of nitriles is 1. The fourth-order valence-corrected chi connectivity index (χ4v) is 2.89. The van der Waals surface area contributed by atoms with Gasteiger partial charge in [0, 0.05) is 0 Å². The van der Waals surface area contributed by atoms with Crippen LogP contribution in [0.25, 0.3) is 11.1 Å². The zero-order valence-electron chi connectivity index (χ0n) is 13.6. The van der Waals surface area contributed by atoms with Crippen molar-refractivity contribution in [2.24, 2.45) is 0 Å². The molecule has 0 aromatic heterocycles. The van der Waals surface area contributed by atoms with Crippen molar-refractivity contribution in [3.63, 3.8) is 0 Å². The van der Waals surface area contributed by atoms with Crippen molar-refractivity contribution < 1.29 is 14.7 Å². The van der Waals surface area contributed by atoms with E-state index in [2.05, 4.69) is 16.7 Å². The summed E-state index contributed by atoms with van der Waals surface area (Å²) < 4.78 is 0. The molecule has 3 amide bonds. The van der Waals surface area contributed by atoms with Crippen LogP contribution in [0.2, 0.25) is 0 Å². The average Bonchev–Trinajstić information content (AvgIpc) is 2.88. The first-order valence-corrected chi connectivity index (χ1v) is 7.82. The third-order valence-electron chi connectivity index (χ3n) is 4.39. The SMILES string of the molecule is CC1(C(O)c2ccc(-c3cccc(CC#N)c3)cc2)NC(=O)NC1=O. The lowest BCUT2D eigenvalue weighted by molar-refractivity contribution is -0.127. The van der Waals surface area contributed by atoms with Crippen LogP contribution in [0.1, 0.15) is 24.2 Å². The summed E-state index contributed by atoms with van der Waals surface area (Å²) in [4.78, 5) is 23.3. The Balaban J connectivity index is 1.85. The second kappa shape index (κ2) is 6.38. The zero-order valence-corrected chi connectivity index (χ0v) is 13.6. The fourth-order valence-electron chi connectivity index (χ4n) is 2.89. The van der Waals surface area contributed by atoms with E-state index in [4.69, 9.17) is 5.26 Å². The van der Waals surface area contributed by atoms with Gasteiger partial charge in [-0.15, -0.1) is 0 Å². The maximum Gasteiger partial charge on any atom is 0.322 e. The first-order chi connectivity index (χ1) is 11.9. The summed E-state index contributed by atoms with van der Waals surface area (Å²) in [5, 5.41) is 23.9. The topological polar surface area (TPSA) is 102 Å². The molecule has 25 heavy (non-hydrogen) atoms. The molecule has 1 saturated heterocycles. The second-order valence-corrected chi connectivity index (χ2v) is 6.17. The van der Waals surface area contributed by atoms with Crippen LogP contribution in [0.5, 0.6) is 0 Å². The molecule has 6 heteroatoms. The smallest absolute Gasteiger partial charge is 0.322 e. The minimum Gasteiger partial charge on any atom is -0.385 e. The van der Waals surface area contributed by atoms with Crippen molar-refractivity contribution in [3.05, 3.63) is 59.7 Å².